The Labute approximate surface area is 49.5 Å². The van der Waals surface area contributed by atoms with E-state index in [1.807, 2.05) is 6.92 Å². The molecule has 1 atom stereocenters. The molecule has 0 aliphatic carbocycles. The van der Waals surface area contributed by atoms with Crippen LogP contribution in [0, 0.1) is 12.3 Å². The van der Waals surface area contributed by atoms with Gasteiger partial charge in [-0.1, -0.05) is 5.92 Å². The highest BCUT2D eigenvalue weighted by Gasteiger charge is 1.94. The normalized spacial score (nSPS) is 12.6. The smallest absolute Gasteiger partial charge is 0.137 e. The van der Waals surface area contributed by atoms with Crippen LogP contribution in [-0.4, -0.2) is 24.4 Å². The Morgan fingerprint density at radius 1 is 1.88 bits per heavy atom. The van der Waals surface area contributed by atoms with E-state index in [1.165, 1.54) is 0 Å². The standard InChI is InChI=1S/C6H10O2/c1-3-6(7)5-8-4-2/h1,6-7H,4-5H2,2H3. The quantitative estimate of drug-likeness (QED) is 0.524. The Balaban J connectivity index is 3.02. The van der Waals surface area contributed by atoms with Crippen LogP contribution in [0.4, 0.5) is 0 Å². The van der Waals surface area contributed by atoms with Crippen LogP contribution in [-0.2, 0) is 4.74 Å². The zero-order chi connectivity index (χ0) is 6.41. The van der Waals surface area contributed by atoms with Crippen molar-refractivity contribution in [3.05, 3.63) is 0 Å². The van der Waals surface area contributed by atoms with Gasteiger partial charge in [-0.2, -0.15) is 0 Å². The monoisotopic (exact) mass is 114 g/mol. The zero-order valence-corrected chi connectivity index (χ0v) is 4.92. The van der Waals surface area contributed by atoms with Crippen LogP contribution < -0.4 is 0 Å². The van der Waals surface area contributed by atoms with E-state index in [9.17, 15) is 0 Å². The molecular weight excluding hydrogens is 104 g/mol. The number of ether oxygens (including phenoxy) is 1. The summed E-state index contributed by atoms with van der Waals surface area (Å²) in [6.07, 6.45) is 4.09. The van der Waals surface area contributed by atoms with Gasteiger partial charge in [0.1, 0.15) is 6.10 Å². The van der Waals surface area contributed by atoms with Crippen molar-refractivity contribution in [3.63, 3.8) is 0 Å². The molecular formula is C6H10O2. The summed E-state index contributed by atoms with van der Waals surface area (Å²) in [6, 6.07) is 0. The maximum atomic E-state index is 8.63. The predicted molar refractivity (Wildman–Crippen MR) is 31.3 cm³/mol. The van der Waals surface area contributed by atoms with E-state index in [0.29, 0.717) is 6.61 Å². The molecule has 0 saturated heterocycles. The lowest BCUT2D eigenvalue weighted by molar-refractivity contribution is 0.0714. The third-order valence-electron chi connectivity index (χ3n) is 0.672. The van der Waals surface area contributed by atoms with Gasteiger partial charge in [-0.25, -0.2) is 0 Å². The van der Waals surface area contributed by atoms with Gasteiger partial charge in [0.2, 0.25) is 0 Å². The second-order valence-corrected chi connectivity index (χ2v) is 1.34. The molecule has 0 amide bonds. The van der Waals surface area contributed by atoms with E-state index < -0.39 is 6.10 Å². The van der Waals surface area contributed by atoms with Gasteiger partial charge in [0.05, 0.1) is 6.61 Å². The van der Waals surface area contributed by atoms with Crippen LogP contribution in [0.2, 0.25) is 0 Å². The highest BCUT2D eigenvalue weighted by Crippen LogP contribution is 1.80. The van der Waals surface area contributed by atoms with Crippen LogP contribution in [0.3, 0.4) is 0 Å². The average Bonchev–Trinajstić information content (AvgIpc) is 1.83. The molecule has 0 aliphatic rings. The van der Waals surface area contributed by atoms with Crippen LogP contribution >= 0.6 is 0 Å². The van der Waals surface area contributed by atoms with Crippen LogP contribution in [0.25, 0.3) is 0 Å². The van der Waals surface area contributed by atoms with E-state index in [0.717, 1.165) is 0 Å². The fourth-order valence-corrected chi connectivity index (χ4v) is 0.278. The molecule has 0 aromatic heterocycles. The molecule has 0 heterocycles. The lowest BCUT2D eigenvalue weighted by Crippen LogP contribution is -2.11. The van der Waals surface area contributed by atoms with E-state index >= 15 is 0 Å². The first-order valence-electron chi connectivity index (χ1n) is 2.53. The summed E-state index contributed by atoms with van der Waals surface area (Å²) in [4.78, 5) is 0. The van der Waals surface area contributed by atoms with Crippen molar-refractivity contribution in [2.75, 3.05) is 13.2 Å². The number of hydrogen-bond donors (Lipinski definition) is 1. The molecule has 1 unspecified atom stereocenters. The average molecular weight is 114 g/mol. The van der Waals surface area contributed by atoms with Gasteiger partial charge in [0.25, 0.3) is 0 Å². The first-order valence-corrected chi connectivity index (χ1v) is 2.53. The Morgan fingerprint density at radius 3 is 2.88 bits per heavy atom. The van der Waals surface area contributed by atoms with Crippen molar-refractivity contribution < 1.29 is 9.84 Å². The molecule has 0 radical (unpaired) electrons. The van der Waals surface area contributed by atoms with Gasteiger partial charge in [-0.15, -0.1) is 6.42 Å². The third kappa shape index (κ3) is 3.66. The Morgan fingerprint density at radius 2 is 2.50 bits per heavy atom. The maximum absolute atomic E-state index is 8.63. The first-order chi connectivity index (χ1) is 3.81. The van der Waals surface area contributed by atoms with Crippen molar-refractivity contribution in [1.82, 2.24) is 0 Å². The molecule has 8 heavy (non-hydrogen) atoms. The molecule has 0 spiro atoms. The molecule has 0 fully saturated rings. The molecule has 0 saturated carbocycles. The minimum Gasteiger partial charge on any atom is -0.378 e. The minimum absolute atomic E-state index is 0.243. The number of hydrogen-bond acceptors (Lipinski definition) is 2. The molecule has 0 aromatic carbocycles. The molecule has 1 N–H and O–H groups in total. The molecule has 46 valence electrons. The van der Waals surface area contributed by atoms with Crippen LogP contribution in [0.5, 0.6) is 0 Å². The summed E-state index contributed by atoms with van der Waals surface area (Å²) >= 11 is 0. The van der Waals surface area contributed by atoms with Gasteiger partial charge in [0, 0.05) is 6.61 Å². The minimum atomic E-state index is -0.741. The highest BCUT2D eigenvalue weighted by molar-refractivity contribution is 4.92. The number of rotatable bonds is 3. The first kappa shape index (κ1) is 7.48. The molecule has 0 aliphatic heterocycles. The fraction of sp³-hybridized carbons (Fsp3) is 0.667. The molecule has 0 rings (SSSR count). The summed E-state index contributed by atoms with van der Waals surface area (Å²) in [5.74, 6) is 2.13. The van der Waals surface area contributed by atoms with Crippen molar-refractivity contribution >= 4 is 0 Å². The zero-order valence-electron chi connectivity index (χ0n) is 4.92. The Hall–Kier alpha value is -0.520. The third-order valence-corrected chi connectivity index (χ3v) is 0.672. The van der Waals surface area contributed by atoms with Gasteiger partial charge in [0.15, 0.2) is 0 Å². The van der Waals surface area contributed by atoms with Gasteiger partial charge in [-0.05, 0) is 6.92 Å². The van der Waals surface area contributed by atoms with Crippen molar-refractivity contribution in [2.45, 2.75) is 13.0 Å². The van der Waals surface area contributed by atoms with E-state index in [2.05, 4.69) is 5.92 Å². The lowest BCUT2D eigenvalue weighted by atomic mass is 10.4. The largest absolute Gasteiger partial charge is 0.378 e. The number of terminal acetylenes is 1. The summed E-state index contributed by atoms with van der Waals surface area (Å²) in [5, 5.41) is 8.63. The van der Waals surface area contributed by atoms with E-state index in [-0.39, 0.29) is 6.61 Å². The predicted octanol–water partition coefficient (Wildman–Crippen LogP) is 0.0170. The molecule has 0 aromatic rings. The molecule has 2 nitrogen and oxygen atoms in total. The van der Waals surface area contributed by atoms with E-state index in [1.54, 1.807) is 0 Å². The topological polar surface area (TPSA) is 29.5 Å². The summed E-state index contributed by atoms with van der Waals surface area (Å²) in [6.45, 7) is 2.69. The second kappa shape index (κ2) is 4.63. The van der Waals surface area contributed by atoms with Crippen molar-refractivity contribution in [2.24, 2.45) is 0 Å². The number of aliphatic hydroxyl groups excluding tert-OH is 1. The maximum Gasteiger partial charge on any atom is 0.137 e. The highest BCUT2D eigenvalue weighted by atomic mass is 16.5. The van der Waals surface area contributed by atoms with E-state index in [4.69, 9.17) is 16.3 Å². The van der Waals surface area contributed by atoms with Crippen molar-refractivity contribution in [3.8, 4) is 12.3 Å². The van der Waals surface area contributed by atoms with Crippen LogP contribution in [0.1, 0.15) is 6.92 Å². The Kier molecular flexibility index (Phi) is 4.33. The summed E-state index contributed by atoms with van der Waals surface area (Å²) in [5.41, 5.74) is 0. The lowest BCUT2D eigenvalue weighted by Gasteiger charge is -2.00. The summed E-state index contributed by atoms with van der Waals surface area (Å²) < 4.78 is 4.79. The molecule has 0 bridgehead atoms. The fourth-order valence-electron chi connectivity index (χ4n) is 0.278. The summed E-state index contributed by atoms with van der Waals surface area (Å²) in [7, 11) is 0. The van der Waals surface area contributed by atoms with Crippen LogP contribution in [0.15, 0.2) is 0 Å². The molecule has 2 heteroatoms. The second-order valence-electron chi connectivity index (χ2n) is 1.34. The SMILES string of the molecule is C#CC(O)COCC. The Bertz CT molecular complexity index is 83.0. The van der Waals surface area contributed by atoms with Gasteiger partial charge in [-0.3, -0.25) is 0 Å². The van der Waals surface area contributed by atoms with Crippen molar-refractivity contribution in [1.29, 1.82) is 0 Å². The van der Waals surface area contributed by atoms with Gasteiger partial charge < -0.3 is 9.84 Å². The van der Waals surface area contributed by atoms with Gasteiger partial charge >= 0.3 is 0 Å². The number of aliphatic hydroxyl groups is 1.